The summed E-state index contributed by atoms with van der Waals surface area (Å²) in [6.07, 6.45) is 0. The fourth-order valence-electron chi connectivity index (χ4n) is 2.86. The van der Waals surface area contributed by atoms with Crippen LogP contribution in [0.1, 0.15) is 15.9 Å². The average Bonchev–Trinajstić information content (AvgIpc) is 2.49. The Labute approximate surface area is 132 Å². The number of piperazine rings is 1. The summed E-state index contributed by atoms with van der Waals surface area (Å²) < 4.78 is 0. The summed E-state index contributed by atoms with van der Waals surface area (Å²) in [4.78, 5) is 16.9. The summed E-state index contributed by atoms with van der Waals surface area (Å²) in [5.74, 6) is 0.638. The second kappa shape index (κ2) is 7.22. The Kier molecular flexibility index (Phi) is 5.08. The summed E-state index contributed by atoms with van der Waals surface area (Å²) in [5.41, 5.74) is 2.04. The maximum atomic E-state index is 12.1. The summed E-state index contributed by atoms with van der Waals surface area (Å²) in [6, 6.07) is 8.05. The molecule has 2 N–H and O–H groups in total. The van der Waals surface area contributed by atoms with Crippen LogP contribution in [0.5, 0.6) is 0 Å². The molecular weight excluding hydrogens is 276 g/mol. The van der Waals surface area contributed by atoms with Gasteiger partial charge >= 0.3 is 0 Å². The maximum absolute atomic E-state index is 12.1. The lowest BCUT2D eigenvalue weighted by Crippen LogP contribution is -2.48. The Hall–Kier alpha value is -1.43. The molecule has 2 heterocycles. The highest BCUT2D eigenvalue weighted by Crippen LogP contribution is 2.10. The quantitative estimate of drug-likeness (QED) is 0.826. The standard InChI is InChI=1S/C17H26N4O/c1-20-6-8-21(9-7-20)13-14-2-4-16(5-3-14)17(22)19-12-15-10-18-11-15/h2-5,15,18H,6-13H2,1H3,(H,19,22). The van der Waals surface area contributed by atoms with Gasteiger partial charge in [0.1, 0.15) is 0 Å². The number of rotatable bonds is 5. The van der Waals surface area contributed by atoms with E-state index in [4.69, 9.17) is 0 Å². The van der Waals surface area contributed by atoms with Gasteiger partial charge in [-0.25, -0.2) is 0 Å². The number of hydrogen-bond donors (Lipinski definition) is 2. The van der Waals surface area contributed by atoms with E-state index < -0.39 is 0 Å². The molecule has 1 aromatic rings. The molecule has 22 heavy (non-hydrogen) atoms. The van der Waals surface area contributed by atoms with Crippen LogP contribution in [-0.2, 0) is 6.54 Å². The molecule has 5 heteroatoms. The Balaban J connectivity index is 1.47. The maximum Gasteiger partial charge on any atom is 0.251 e. The molecule has 5 nitrogen and oxygen atoms in total. The number of benzene rings is 1. The van der Waals surface area contributed by atoms with E-state index >= 15 is 0 Å². The smallest absolute Gasteiger partial charge is 0.251 e. The third kappa shape index (κ3) is 4.06. The molecule has 0 aromatic heterocycles. The number of nitrogens with zero attached hydrogens (tertiary/aromatic N) is 2. The number of amides is 1. The van der Waals surface area contributed by atoms with Gasteiger partial charge in [0.05, 0.1) is 0 Å². The number of hydrogen-bond acceptors (Lipinski definition) is 4. The van der Waals surface area contributed by atoms with Gasteiger partial charge in [0.25, 0.3) is 5.91 Å². The van der Waals surface area contributed by atoms with E-state index in [1.165, 1.54) is 5.56 Å². The summed E-state index contributed by atoms with van der Waals surface area (Å²) >= 11 is 0. The van der Waals surface area contributed by atoms with Gasteiger partial charge in [-0.3, -0.25) is 9.69 Å². The van der Waals surface area contributed by atoms with Gasteiger partial charge in [0, 0.05) is 63.8 Å². The highest BCUT2D eigenvalue weighted by Gasteiger charge is 2.18. The monoisotopic (exact) mass is 302 g/mol. The highest BCUT2D eigenvalue weighted by atomic mass is 16.1. The zero-order chi connectivity index (χ0) is 15.4. The van der Waals surface area contributed by atoms with E-state index in [0.717, 1.165) is 57.9 Å². The minimum absolute atomic E-state index is 0.0399. The Bertz CT molecular complexity index is 490. The second-order valence-electron chi connectivity index (χ2n) is 6.51. The lowest BCUT2D eigenvalue weighted by molar-refractivity contribution is 0.0942. The topological polar surface area (TPSA) is 47.6 Å². The van der Waals surface area contributed by atoms with E-state index in [0.29, 0.717) is 5.92 Å². The van der Waals surface area contributed by atoms with Crippen molar-refractivity contribution in [2.24, 2.45) is 5.92 Å². The van der Waals surface area contributed by atoms with Crippen molar-refractivity contribution in [1.29, 1.82) is 0 Å². The lowest BCUT2D eigenvalue weighted by Gasteiger charge is -2.32. The summed E-state index contributed by atoms with van der Waals surface area (Å²) in [6.45, 7) is 8.29. The van der Waals surface area contributed by atoms with E-state index in [2.05, 4.69) is 39.6 Å². The van der Waals surface area contributed by atoms with Gasteiger partial charge in [0.2, 0.25) is 0 Å². The number of likely N-dealkylation sites (N-methyl/N-ethyl adjacent to an activating group) is 1. The van der Waals surface area contributed by atoms with E-state index in [9.17, 15) is 4.79 Å². The average molecular weight is 302 g/mol. The van der Waals surface area contributed by atoms with Crippen molar-refractivity contribution in [1.82, 2.24) is 20.4 Å². The number of carbonyl (C=O) groups excluding carboxylic acids is 1. The van der Waals surface area contributed by atoms with Crippen molar-refractivity contribution in [3.05, 3.63) is 35.4 Å². The minimum atomic E-state index is 0.0399. The molecular formula is C17H26N4O. The highest BCUT2D eigenvalue weighted by molar-refractivity contribution is 5.94. The first-order valence-electron chi connectivity index (χ1n) is 8.19. The van der Waals surface area contributed by atoms with Crippen LogP contribution in [0.25, 0.3) is 0 Å². The molecule has 2 fully saturated rings. The molecule has 0 bridgehead atoms. The summed E-state index contributed by atoms with van der Waals surface area (Å²) in [7, 11) is 2.17. The molecule has 0 radical (unpaired) electrons. The molecule has 2 aliphatic heterocycles. The zero-order valence-electron chi connectivity index (χ0n) is 13.3. The molecule has 0 unspecified atom stereocenters. The van der Waals surface area contributed by atoms with Crippen LogP contribution in [0.15, 0.2) is 24.3 Å². The fourth-order valence-corrected chi connectivity index (χ4v) is 2.86. The van der Waals surface area contributed by atoms with Crippen LogP contribution in [-0.4, -0.2) is 68.6 Å². The van der Waals surface area contributed by atoms with Crippen LogP contribution in [0, 0.1) is 5.92 Å². The first kappa shape index (κ1) is 15.5. The predicted octanol–water partition coefficient (Wildman–Crippen LogP) is 0.383. The molecule has 0 atom stereocenters. The third-order valence-corrected chi connectivity index (χ3v) is 4.64. The Morgan fingerprint density at radius 2 is 1.86 bits per heavy atom. The van der Waals surface area contributed by atoms with E-state index in [1.807, 2.05) is 12.1 Å². The van der Waals surface area contributed by atoms with Crippen LogP contribution < -0.4 is 10.6 Å². The molecule has 0 aliphatic carbocycles. The van der Waals surface area contributed by atoms with Gasteiger partial charge < -0.3 is 15.5 Å². The molecule has 0 spiro atoms. The first-order valence-corrected chi connectivity index (χ1v) is 8.19. The molecule has 1 amide bonds. The minimum Gasteiger partial charge on any atom is -0.352 e. The van der Waals surface area contributed by atoms with Crippen molar-refractivity contribution in [3.8, 4) is 0 Å². The zero-order valence-corrected chi connectivity index (χ0v) is 13.3. The van der Waals surface area contributed by atoms with E-state index in [1.54, 1.807) is 0 Å². The molecule has 2 aliphatic rings. The second-order valence-corrected chi connectivity index (χ2v) is 6.51. The van der Waals surface area contributed by atoms with Crippen molar-refractivity contribution in [3.63, 3.8) is 0 Å². The van der Waals surface area contributed by atoms with Crippen LogP contribution in [0.4, 0.5) is 0 Å². The molecule has 1 aromatic carbocycles. The first-order chi connectivity index (χ1) is 10.7. The van der Waals surface area contributed by atoms with Gasteiger partial charge in [-0.05, 0) is 24.7 Å². The lowest BCUT2D eigenvalue weighted by atomic mass is 10.0. The largest absolute Gasteiger partial charge is 0.352 e. The normalized spacial score (nSPS) is 20.6. The Morgan fingerprint density at radius 3 is 2.45 bits per heavy atom. The van der Waals surface area contributed by atoms with Gasteiger partial charge in [0.15, 0.2) is 0 Å². The molecule has 3 rings (SSSR count). The van der Waals surface area contributed by atoms with Crippen LogP contribution in [0.3, 0.4) is 0 Å². The Morgan fingerprint density at radius 1 is 1.18 bits per heavy atom. The fraction of sp³-hybridized carbons (Fsp3) is 0.588. The third-order valence-electron chi connectivity index (χ3n) is 4.64. The van der Waals surface area contributed by atoms with E-state index in [-0.39, 0.29) is 5.91 Å². The summed E-state index contributed by atoms with van der Waals surface area (Å²) in [5, 5.41) is 6.23. The SMILES string of the molecule is CN1CCN(Cc2ccc(C(=O)NCC3CNC3)cc2)CC1. The number of nitrogens with one attached hydrogen (secondary N) is 2. The van der Waals surface area contributed by atoms with Gasteiger partial charge in [-0.15, -0.1) is 0 Å². The molecule has 0 saturated carbocycles. The number of carbonyl (C=O) groups is 1. The van der Waals surface area contributed by atoms with Crippen molar-refractivity contribution >= 4 is 5.91 Å². The van der Waals surface area contributed by atoms with Crippen LogP contribution in [0.2, 0.25) is 0 Å². The van der Waals surface area contributed by atoms with Crippen molar-refractivity contribution < 1.29 is 4.79 Å². The van der Waals surface area contributed by atoms with Gasteiger partial charge in [-0.1, -0.05) is 12.1 Å². The molecule has 2 saturated heterocycles. The van der Waals surface area contributed by atoms with Crippen molar-refractivity contribution in [2.45, 2.75) is 6.54 Å². The van der Waals surface area contributed by atoms with Crippen molar-refractivity contribution in [2.75, 3.05) is 52.9 Å². The predicted molar refractivity (Wildman–Crippen MR) is 87.9 cm³/mol. The van der Waals surface area contributed by atoms with Gasteiger partial charge in [-0.2, -0.15) is 0 Å². The van der Waals surface area contributed by atoms with Crippen LogP contribution >= 0.6 is 0 Å². The molecule has 120 valence electrons.